The maximum absolute atomic E-state index is 12.8. The van der Waals surface area contributed by atoms with Crippen LogP contribution >= 0.6 is 0 Å². The molecular weight excluding hydrogens is 348 g/mol. The zero-order valence-corrected chi connectivity index (χ0v) is 15.7. The largest absolute Gasteiger partial charge is 0.378 e. The third-order valence-electron chi connectivity index (χ3n) is 4.89. The minimum absolute atomic E-state index is 0.285. The van der Waals surface area contributed by atoms with Gasteiger partial charge in [-0.2, -0.15) is 4.98 Å². The van der Waals surface area contributed by atoms with E-state index >= 15 is 0 Å². The minimum atomic E-state index is -0.285. The van der Waals surface area contributed by atoms with Crippen LogP contribution in [0.4, 0.5) is 17.5 Å². The molecular formula is C18H24N6O3. The van der Waals surface area contributed by atoms with Gasteiger partial charge in [0.25, 0.3) is 5.91 Å². The Bertz CT molecular complexity index is 828. The van der Waals surface area contributed by atoms with Gasteiger partial charge in [-0.05, 0) is 19.3 Å². The van der Waals surface area contributed by atoms with Gasteiger partial charge in [0.15, 0.2) is 11.5 Å². The van der Waals surface area contributed by atoms with Crippen molar-refractivity contribution in [2.24, 2.45) is 0 Å². The zero-order valence-electron chi connectivity index (χ0n) is 15.7. The standard InChI is InChI=1S/C18H24N6O3/c1-23(2)16-13(11-19-18(21-16)24-7-9-26-10-8-24)20-17(25)15-12-5-3-4-6-14(12)27-22-15/h11H,3-10H2,1-2H3,(H,20,25). The third kappa shape index (κ3) is 3.59. The highest BCUT2D eigenvalue weighted by Gasteiger charge is 2.25. The molecule has 9 nitrogen and oxygen atoms in total. The second-order valence-corrected chi connectivity index (χ2v) is 7.00. The number of amides is 1. The summed E-state index contributed by atoms with van der Waals surface area (Å²) in [7, 11) is 3.78. The predicted octanol–water partition coefficient (Wildman–Crippen LogP) is 1.50. The van der Waals surface area contributed by atoms with Crippen molar-refractivity contribution in [3.05, 3.63) is 23.2 Å². The summed E-state index contributed by atoms with van der Waals surface area (Å²) in [6.45, 7) is 2.83. The third-order valence-corrected chi connectivity index (χ3v) is 4.89. The minimum Gasteiger partial charge on any atom is -0.378 e. The summed E-state index contributed by atoms with van der Waals surface area (Å²) in [5.74, 6) is 1.84. The van der Waals surface area contributed by atoms with Gasteiger partial charge >= 0.3 is 0 Å². The molecule has 2 aliphatic rings. The van der Waals surface area contributed by atoms with Crippen LogP contribution in [0, 0.1) is 0 Å². The van der Waals surface area contributed by atoms with Crippen LogP contribution < -0.4 is 15.1 Å². The summed E-state index contributed by atoms with van der Waals surface area (Å²) in [6.07, 6.45) is 5.45. The second kappa shape index (κ2) is 7.51. The van der Waals surface area contributed by atoms with Crippen LogP contribution in [-0.4, -0.2) is 61.4 Å². The smallest absolute Gasteiger partial charge is 0.278 e. The number of nitrogens with one attached hydrogen (secondary N) is 1. The van der Waals surface area contributed by atoms with Crippen molar-refractivity contribution in [2.45, 2.75) is 25.7 Å². The fourth-order valence-corrected chi connectivity index (χ4v) is 3.45. The molecule has 144 valence electrons. The number of hydrogen-bond acceptors (Lipinski definition) is 8. The van der Waals surface area contributed by atoms with Crippen molar-refractivity contribution >= 4 is 23.4 Å². The molecule has 0 aromatic carbocycles. The Morgan fingerprint density at radius 3 is 2.78 bits per heavy atom. The SMILES string of the molecule is CN(C)c1nc(N2CCOCC2)ncc1NC(=O)c1noc2c1CCCC2. The fraction of sp³-hybridized carbons (Fsp3) is 0.556. The molecule has 27 heavy (non-hydrogen) atoms. The number of aryl methyl sites for hydroxylation is 1. The molecule has 0 radical (unpaired) electrons. The Morgan fingerprint density at radius 2 is 2.00 bits per heavy atom. The van der Waals surface area contributed by atoms with Gasteiger partial charge in [0.05, 0.1) is 19.4 Å². The molecule has 1 N–H and O–H groups in total. The first-order valence-corrected chi connectivity index (χ1v) is 9.29. The first-order chi connectivity index (χ1) is 13.1. The molecule has 1 aliphatic heterocycles. The zero-order chi connectivity index (χ0) is 18.8. The van der Waals surface area contributed by atoms with Crippen molar-refractivity contribution in [1.29, 1.82) is 0 Å². The van der Waals surface area contributed by atoms with E-state index in [9.17, 15) is 4.79 Å². The van der Waals surface area contributed by atoms with Crippen LogP contribution in [0.5, 0.6) is 0 Å². The van der Waals surface area contributed by atoms with Crippen LogP contribution in [-0.2, 0) is 17.6 Å². The summed E-state index contributed by atoms with van der Waals surface area (Å²) in [5.41, 5.74) is 1.84. The summed E-state index contributed by atoms with van der Waals surface area (Å²) >= 11 is 0. The highest BCUT2D eigenvalue weighted by atomic mass is 16.5. The Kier molecular flexibility index (Phi) is 4.93. The number of morpholine rings is 1. The normalized spacial score (nSPS) is 16.7. The lowest BCUT2D eigenvalue weighted by Gasteiger charge is -2.28. The molecule has 1 saturated heterocycles. The highest BCUT2D eigenvalue weighted by molar-refractivity contribution is 6.05. The lowest BCUT2D eigenvalue weighted by Crippen LogP contribution is -2.37. The van der Waals surface area contributed by atoms with Crippen molar-refractivity contribution in [3.8, 4) is 0 Å². The molecule has 2 aromatic rings. The molecule has 0 atom stereocenters. The number of carbonyl (C=O) groups is 1. The fourth-order valence-electron chi connectivity index (χ4n) is 3.45. The van der Waals surface area contributed by atoms with E-state index in [2.05, 4.69) is 25.3 Å². The average Bonchev–Trinajstić information content (AvgIpc) is 3.13. The first kappa shape index (κ1) is 17.7. The molecule has 1 aliphatic carbocycles. The Balaban J connectivity index is 1.57. The molecule has 1 amide bonds. The van der Waals surface area contributed by atoms with Crippen LogP contribution in [0.15, 0.2) is 10.7 Å². The predicted molar refractivity (Wildman–Crippen MR) is 100 cm³/mol. The maximum atomic E-state index is 12.8. The molecule has 1 fully saturated rings. The molecule has 3 heterocycles. The second-order valence-electron chi connectivity index (χ2n) is 7.00. The van der Waals surface area contributed by atoms with Crippen LogP contribution in [0.25, 0.3) is 0 Å². The topological polar surface area (TPSA) is 96.6 Å². The van der Waals surface area contributed by atoms with Gasteiger partial charge < -0.3 is 24.4 Å². The summed E-state index contributed by atoms with van der Waals surface area (Å²) in [6, 6.07) is 0. The number of nitrogens with zero attached hydrogens (tertiary/aromatic N) is 5. The van der Waals surface area contributed by atoms with Crippen molar-refractivity contribution in [1.82, 2.24) is 15.1 Å². The molecule has 0 bridgehead atoms. The van der Waals surface area contributed by atoms with Gasteiger partial charge in [-0.25, -0.2) is 4.98 Å². The Labute approximate surface area is 157 Å². The van der Waals surface area contributed by atoms with Crippen molar-refractivity contribution in [3.63, 3.8) is 0 Å². The molecule has 9 heteroatoms. The van der Waals surface area contributed by atoms with E-state index in [-0.39, 0.29) is 5.91 Å². The van der Waals surface area contributed by atoms with Crippen molar-refractivity contribution < 1.29 is 14.1 Å². The highest BCUT2D eigenvalue weighted by Crippen LogP contribution is 2.27. The van der Waals surface area contributed by atoms with Gasteiger partial charge in [-0.1, -0.05) is 5.16 Å². The van der Waals surface area contributed by atoms with Gasteiger partial charge in [-0.3, -0.25) is 4.79 Å². The number of carbonyl (C=O) groups excluding carboxylic acids is 1. The number of rotatable bonds is 4. The van der Waals surface area contributed by atoms with Crippen LogP contribution in [0.3, 0.4) is 0 Å². The van der Waals surface area contributed by atoms with E-state index in [1.165, 1.54) is 0 Å². The van der Waals surface area contributed by atoms with Gasteiger partial charge in [0.2, 0.25) is 5.95 Å². The Hall–Kier alpha value is -2.68. The van der Waals surface area contributed by atoms with Crippen LogP contribution in [0.1, 0.15) is 34.7 Å². The summed E-state index contributed by atoms with van der Waals surface area (Å²) in [4.78, 5) is 25.8. The van der Waals surface area contributed by atoms with E-state index < -0.39 is 0 Å². The van der Waals surface area contributed by atoms with E-state index in [0.717, 1.165) is 50.1 Å². The monoisotopic (exact) mass is 372 g/mol. The maximum Gasteiger partial charge on any atom is 0.278 e. The number of fused-ring (bicyclic) bond motifs is 1. The summed E-state index contributed by atoms with van der Waals surface area (Å²) < 4.78 is 10.7. The molecule has 0 spiro atoms. The lowest BCUT2D eigenvalue weighted by atomic mass is 9.96. The average molecular weight is 372 g/mol. The van der Waals surface area contributed by atoms with E-state index in [1.54, 1.807) is 6.20 Å². The number of ether oxygens (including phenoxy) is 1. The molecule has 0 saturated carbocycles. The van der Waals surface area contributed by atoms with E-state index in [4.69, 9.17) is 9.26 Å². The van der Waals surface area contributed by atoms with Gasteiger partial charge in [0.1, 0.15) is 11.4 Å². The molecule has 0 unspecified atom stereocenters. The lowest BCUT2D eigenvalue weighted by molar-refractivity contribution is 0.101. The van der Waals surface area contributed by atoms with E-state index in [1.807, 2.05) is 19.0 Å². The molecule has 4 rings (SSSR count). The van der Waals surface area contributed by atoms with Crippen LogP contribution in [0.2, 0.25) is 0 Å². The number of anilines is 3. The van der Waals surface area contributed by atoms with Crippen molar-refractivity contribution in [2.75, 3.05) is 55.5 Å². The molecule has 2 aromatic heterocycles. The van der Waals surface area contributed by atoms with Gasteiger partial charge in [0, 0.05) is 39.2 Å². The Morgan fingerprint density at radius 1 is 1.22 bits per heavy atom. The van der Waals surface area contributed by atoms with Gasteiger partial charge in [-0.15, -0.1) is 0 Å². The quantitative estimate of drug-likeness (QED) is 0.862. The first-order valence-electron chi connectivity index (χ1n) is 9.29. The van der Waals surface area contributed by atoms with E-state index in [0.29, 0.717) is 36.4 Å². The number of aromatic nitrogens is 3. The summed E-state index contributed by atoms with van der Waals surface area (Å²) in [5, 5.41) is 6.90. The number of hydrogen-bond donors (Lipinski definition) is 1.